The minimum Gasteiger partial charge on any atom is -0.468 e. The molecule has 1 aliphatic heterocycles. The third-order valence-electron chi connectivity index (χ3n) is 3.80. The van der Waals surface area contributed by atoms with Gasteiger partial charge in [0.2, 0.25) is 5.88 Å². The number of nitrogens with zero attached hydrogens (tertiary/aromatic N) is 4. The summed E-state index contributed by atoms with van der Waals surface area (Å²) in [5.41, 5.74) is 0.465. The van der Waals surface area contributed by atoms with Crippen LogP contribution in [0.1, 0.15) is 29.4 Å². The molecule has 0 bridgehead atoms. The highest BCUT2D eigenvalue weighted by molar-refractivity contribution is 6.02. The fourth-order valence-corrected chi connectivity index (χ4v) is 2.52. The van der Waals surface area contributed by atoms with Gasteiger partial charge in [-0.15, -0.1) is 5.10 Å². The van der Waals surface area contributed by atoms with E-state index in [9.17, 15) is 18.0 Å². The molecule has 1 aliphatic rings. The molecule has 0 aliphatic carbocycles. The van der Waals surface area contributed by atoms with Gasteiger partial charge in [-0.05, 0) is 32.0 Å². The van der Waals surface area contributed by atoms with E-state index in [4.69, 9.17) is 0 Å². The van der Waals surface area contributed by atoms with Gasteiger partial charge in [-0.3, -0.25) is 4.79 Å². The van der Waals surface area contributed by atoms with Crippen molar-refractivity contribution >= 4 is 11.6 Å². The van der Waals surface area contributed by atoms with Gasteiger partial charge in [-0.1, -0.05) is 5.21 Å². The second kappa shape index (κ2) is 7.68. The molecule has 0 atom stereocenters. The lowest BCUT2D eigenvalue weighted by molar-refractivity contribution is -0.154. The van der Waals surface area contributed by atoms with Crippen molar-refractivity contribution in [2.45, 2.75) is 25.1 Å². The summed E-state index contributed by atoms with van der Waals surface area (Å²) in [5, 5.41) is 13.7. The van der Waals surface area contributed by atoms with Crippen LogP contribution in [-0.2, 0) is 0 Å². The Kier molecular flexibility index (Phi) is 5.35. The molecular formula is C15H17F3N6O2. The molecule has 8 nitrogen and oxygen atoms in total. The van der Waals surface area contributed by atoms with E-state index in [-0.39, 0.29) is 17.6 Å². The molecule has 3 heterocycles. The number of anilines is 1. The number of hydrogen-bond acceptors (Lipinski definition) is 6. The van der Waals surface area contributed by atoms with Crippen LogP contribution in [0.5, 0.6) is 5.88 Å². The van der Waals surface area contributed by atoms with Gasteiger partial charge >= 0.3 is 6.18 Å². The van der Waals surface area contributed by atoms with Gasteiger partial charge in [-0.25, -0.2) is 9.67 Å². The van der Waals surface area contributed by atoms with Gasteiger partial charge < -0.3 is 15.4 Å². The summed E-state index contributed by atoms with van der Waals surface area (Å²) in [6, 6.07) is 2.85. The van der Waals surface area contributed by atoms with Gasteiger partial charge in [0.15, 0.2) is 12.3 Å². The smallest absolute Gasteiger partial charge is 0.422 e. The highest BCUT2D eigenvalue weighted by Gasteiger charge is 2.28. The number of alkyl halides is 3. The number of halogens is 3. The first-order valence-electron chi connectivity index (χ1n) is 8.00. The number of rotatable bonds is 5. The molecular weight excluding hydrogens is 353 g/mol. The average molecular weight is 370 g/mol. The number of hydrogen-bond donors (Lipinski definition) is 2. The van der Waals surface area contributed by atoms with Crippen LogP contribution in [0.25, 0.3) is 0 Å². The van der Waals surface area contributed by atoms with E-state index in [1.54, 1.807) is 10.9 Å². The van der Waals surface area contributed by atoms with Crippen molar-refractivity contribution in [2.24, 2.45) is 0 Å². The van der Waals surface area contributed by atoms with Crippen LogP contribution in [0.4, 0.5) is 18.9 Å². The molecule has 1 amide bonds. The second-order valence-corrected chi connectivity index (χ2v) is 5.81. The Morgan fingerprint density at radius 2 is 2.12 bits per heavy atom. The Hall–Kier alpha value is -2.69. The lowest BCUT2D eigenvalue weighted by Crippen LogP contribution is -2.29. The van der Waals surface area contributed by atoms with Crippen molar-refractivity contribution in [3.8, 4) is 5.88 Å². The number of amides is 1. The van der Waals surface area contributed by atoms with Gasteiger partial charge in [-0.2, -0.15) is 13.2 Å². The summed E-state index contributed by atoms with van der Waals surface area (Å²) in [6.45, 7) is 0.354. The van der Waals surface area contributed by atoms with Gasteiger partial charge in [0.1, 0.15) is 0 Å². The third kappa shape index (κ3) is 4.91. The van der Waals surface area contributed by atoms with Crippen molar-refractivity contribution < 1.29 is 22.7 Å². The molecule has 2 N–H and O–H groups in total. The number of aromatic nitrogens is 4. The van der Waals surface area contributed by atoms with Crippen molar-refractivity contribution in [2.75, 3.05) is 25.0 Å². The summed E-state index contributed by atoms with van der Waals surface area (Å²) < 4.78 is 42.5. The minimum absolute atomic E-state index is 0.154. The van der Waals surface area contributed by atoms with E-state index in [1.165, 1.54) is 18.3 Å². The maximum absolute atomic E-state index is 12.2. The quantitative estimate of drug-likeness (QED) is 0.834. The maximum atomic E-state index is 12.2. The SMILES string of the molecule is O=C(Nc1ccc(OCC(F)(F)F)nc1)c1cn(C2CCNCC2)nn1. The topological polar surface area (TPSA) is 94.0 Å². The number of carbonyl (C=O) groups excluding carboxylic acids is 1. The van der Waals surface area contributed by atoms with E-state index in [0.717, 1.165) is 25.9 Å². The Labute approximate surface area is 146 Å². The molecule has 2 aromatic rings. The molecule has 1 saturated heterocycles. The first-order valence-corrected chi connectivity index (χ1v) is 8.00. The van der Waals surface area contributed by atoms with Gasteiger partial charge in [0.25, 0.3) is 5.91 Å². The van der Waals surface area contributed by atoms with Crippen LogP contribution in [0.3, 0.4) is 0 Å². The zero-order valence-corrected chi connectivity index (χ0v) is 13.7. The first kappa shape index (κ1) is 18.1. The zero-order chi connectivity index (χ0) is 18.6. The predicted molar refractivity (Wildman–Crippen MR) is 84.9 cm³/mol. The normalized spacial score (nSPS) is 15.7. The molecule has 0 saturated carbocycles. The Morgan fingerprint density at radius 3 is 2.77 bits per heavy atom. The molecule has 0 aromatic carbocycles. The highest BCUT2D eigenvalue weighted by Crippen LogP contribution is 2.19. The lowest BCUT2D eigenvalue weighted by Gasteiger charge is -2.22. The molecule has 0 radical (unpaired) electrons. The molecule has 2 aromatic heterocycles. The zero-order valence-electron chi connectivity index (χ0n) is 13.7. The van der Waals surface area contributed by atoms with E-state index >= 15 is 0 Å². The van der Waals surface area contributed by atoms with Gasteiger partial charge in [0.05, 0.1) is 24.1 Å². The monoisotopic (exact) mass is 370 g/mol. The molecule has 26 heavy (non-hydrogen) atoms. The Morgan fingerprint density at radius 1 is 1.35 bits per heavy atom. The fraction of sp³-hybridized carbons (Fsp3) is 0.467. The molecule has 140 valence electrons. The number of ether oxygens (including phenoxy) is 1. The molecule has 1 fully saturated rings. The predicted octanol–water partition coefficient (Wildman–Crippen LogP) is 1.79. The Balaban J connectivity index is 1.57. The van der Waals surface area contributed by atoms with Crippen LogP contribution >= 0.6 is 0 Å². The van der Waals surface area contributed by atoms with Crippen LogP contribution in [-0.4, -0.2) is 51.8 Å². The molecule has 0 spiro atoms. The number of piperidine rings is 1. The number of pyridine rings is 1. The van der Waals surface area contributed by atoms with Crippen molar-refractivity contribution in [1.29, 1.82) is 0 Å². The fourth-order valence-electron chi connectivity index (χ4n) is 2.52. The summed E-state index contributed by atoms with van der Waals surface area (Å²) in [5.74, 6) is -0.659. The van der Waals surface area contributed by atoms with Crippen molar-refractivity contribution in [1.82, 2.24) is 25.3 Å². The average Bonchev–Trinajstić information content (AvgIpc) is 3.11. The van der Waals surface area contributed by atoms with Gasteiger partial charge in [0, 0.05) is 6.07 Å². The summed E-state index contributed by atoms with van der Waals surface area (Å²) in [6.07, 6.45) is 0.177. The second-order valence-electron chi connectivity index (χ2n) is 5.81. The molecule has 11 heteroatoms. The van der Waals surface area contributed by atoms with Crippen LogP contribution in [0, 0.1) is 0 Å². The standard InChI is InChI=1S/C15H17F3N6O2/c16-15(17,18)9-26-13-2-1-10(7-20-13)21-14(25)12-8-24(23-22-12)11-3-5-19-6-4-11/h1-2,7-8,11,19H,3-6,9H2,(H,21,25). The summed E-state index contributed by atoms with van der Waals surface area (Å²) >= 11 is 0. The van der Waals surface area contributed by atoms with Crippen LogP contribution < -0.4 is 15.4 Å². The number of nitrogens with one attached hydrogen (secondary N) is 2. The van der Waals surface area contributed by atoms with Crippen molar-refractivity contribution in [3.63, 3.8) is 0 Å². The first-order chi connectivity index (χ1) is 12.4. The number of carbonyl (C=O) groups is 1. The lowest BCUT2D eigenvalue weighted by atomic mass is 10.1. The van der Waals surface area contributed by atoms with Crippen molar-refractivity contribution in [3.05, 3.63) is 30.2 Å². The van der Waals surface area contributed by atoms with E-state index < -0.39 is 18.7 Å². The van der Waals surface area contributed by atoms with E-state index in [0.29, 0.717) is 5.69 Å². The maximum Gasteiger partial charge on any atom is 0.422 e. The van der Waals surface area contributed by atoms with Crippen LogP contribution in [0.2, 0.25) is 0 Å². The summed E-state index contributed by atoms with van der Waals surface area (Å²) in [7, 11) is 0. The Bertz CT molecular complexity index is 741. The summed E-state index contributed by atoms with van der Waals surface area (Å²) in [4.78, 5) is 15.9. The van der Waals surface area contributed by atoms with E-state index in [1.807, 2.05) is 0 Å². The largest absolute Gasteiger partial charge is 0.468 e. The third-order valence-corrected chi connectivity index (χ3v) is 3.80. The molecule has 0 unspecified atom stereocenters. The minimum atomic E-state index is -4.44. The molecule has 3 rings (SSSR count). The van der Waals surface area contributed by atoms with E-state index in [2.05, 4.69) is 30.7 Å². The highest BCUT2D eigenvalue weighted by atomic mass is 19.4. The van der Waals surface area contributed by atoms with Crippen LogP contribution in [0.15, 0.2) is 24.5 Å².